The van der Waals surface area contributed by atoms with Crippen LogP contribution in [0.5, 0.6) is 0 Å². The van der Waals surface area contributed by atoms with Gasteiger partial charge in [-0.25, -0.2) is 4.98 Å². The smallest absolute Gasteiger partial charge is 0.272 e. The molecule has 0 bridgehead atoms. The van der Waals surface area contributed by atoms with Crippen molar-refractivity contribution < 1.29 is 4.79 Å². The van der Waals surface area contributed by atoms with E-state index in [1.54, 1.807) is 10.6 Å². The molecule has 0 radical (unpaired) electrons. The first-order valence-corrected chi connectivity index (χ1v) is 13.2. The zero-order chi connectivity index (χ0) is 23.5. The molecule has 2 aromatic carbocycles. The van der Waals surface area contributed by atoms with Gasteiger partial charge in [-0.05, 0) is 27.8 Å². The van der Waals surface area contributed by atoms with E-state index in [4.69, 9.17) is 0 Å². The van der Waals surface area contributed by atoms with Crippen molar-refractivity contribution in [3.63, 3.8) is 0 Å². The second-order valence-electron chi connectivity index (χ2n) is 8.32. The molecule has 34 heavy (non-hydrogen) atoms. The first kappa shape index (κ1) is 22.8. The predicted octanol–water partition coefficient (Wildman–Crippen LogP) is 4.23. The lowest BCUT2D eigenvalue weighted by Crippen LogP contribution is -2.48. The monoisotopic (exact) mass is 490 g/mol. The number of allylic oxidation sites excluding steroid dienone is 1. The number of carbonyl (C=O) groups excluding carboxylic acids is 1. The van der Waals surface area contributed by atoms with Crippen LogP contribution in [0.2, 0.25) is 0 Å². The number of aromatic nitrogens is 2. The first-order chi connectivity index (χ1) is 16.6. The van der Waals surface area contributed by atoms with E-state index in [1.165, 1.54) is 39.4 Å². The summed E-state index contributed by atoms with van der Waals surface area (Å²) >= 11 is 2.72. The summed E-state index contributed by atoms with van der Waals surface area (Å²) in [5.41, 5.74) is 1.94. The second-order valence-corrected chi connectivity index (χ2v) is 10.2. The Morgan fingerprint density at radius 2 is 1.88 bits per heavy atom. The minimum Gasteiger partial charge on any atom is -0.339 e. The summed E-state index contributed by atoms with van der Waals surface area (Å²) in [5, 5.41) is 4.99. The third-order valence-corrected chi connectivity index (χ3v) is 8.02. The third kappa shape index (κ3) is 4.66. The Morgan fingerprint density at radius 1 is 1.09 bits per heavy atom. The van der Waals surface area contributed by atoms with Crippen molar-refractivity contribution >= 4 is 50.0 Å². The lowest BCUT2D eigenvalue weighted by atomic mass is 10.0. The number of piperazine rings is 1. The van der Waals surface area contributed by atoms with Gasteiger partial charge >= 0.3 is 0 Å². The summed E-state index contributed by atoms with van der Waals surface area (Å²) in [6.45, 7) is 8.13. The predicted molar refractivity (Wildman–Crippen MR) is 141 cm³/mol. The molecule has 5 rings (SSSR count). The number of thiophene rings is 1. The van der Waals surface area contributed by atoms with Gasteiger partial charge in [-0.2, -0.15) is 0 Å². The molecule has 3 heterocycles. The van der Waals surface area contributed by atoms with Crippen LogP contribution in [0.3, 0.4) is 0 Å². The van der Waals surface area contributed by atoms with Gasteiger partial charge in [-0.3, -0.25) is 19.1 Å². The van der Waals surface area contributed by atoms with Crippen LogP contribution in [0.1, 0.15) is 5.56 Å². The van der Waals surface area contributed by atoms with Gasteiger partial charge in [0.2, 0.25) is 5.91 Å². The molecule has 0 N–H and O–H groups in total. The standard InChI is InChI=1S/C26H26N4O2S2/c1-2-11-30-25(32)24-22(10-16-33-24)27-26(30)34-18-23(31)29-14-12-28(13-15-29)17-20-8-5-7-19-6-3-4-9-21(19)20/h2-10,16H,1,11-15,17-18H2. The van der Waals surface area contributed by atoms with Gasteiger partial charge in [0.05, 0.1) is 11.3 Å². The normalized spacial score (nSPS) is 14.6. The highest BCUT2D eigenvalue weighted by molar-refractivity contribution is 7.99. The molecule has 1 amide bonds. The van der Waals surface area contributed by atoms with Crippen LogP contribution in [0, 0.1) is 0 Å². The summed E-state index contributed by atoms with van der Waals surface area (Å²) in [5.74, 6) is 0.349. The molecule has 0 atom stereocenters. The number of benzene rings is 2. The maximum atomic E-state index is 12.9. The van der Waals surface area contributed by atoms with E-state index in [-0.39, 0.29) is 17.2 Å². The summed E-state index contributed by atoms with van der Waals surface area (Å²) in [7, 11) is 0. The van der Waals surface area contributed by atoms with Crippen molar-refractivity contribution in [2.75, 3.05) is 31.9 Å². The van der Waals surface area contributed by atoms with Gasteiger partial charge in [0.15, 0.2) is 5.16 Å². The quantitative estimate of drug-likeness (QED) is 0.220. The molecule has 0 aliphatic carbocycles. The first-order valence-electron chi connectivity index (χ1n) is 11.3. The molecule has 0 spiro atoms. The number of hydrogen-bond acceptors (Lipinski definition) is 6. The van der Waals surface area contributed by atoms with E-state index >= 15 is 0 Å². The van der Waals surface area contributed by atoms with Crippen molar-refractivity contribution in [1.82, 2.24) is 19.4 Å². The maximum Gasteiger partial charge on any atom is 0.272 e. The molecule has 0 unspecified atom stereocenters. The minimum absolute atomic E-state index is 0.0723. The fourth-order valence-electron chi connectivity index (χ4n) is 4.37. The number of hydrogen-bond donors (Lipinski definition) is 0. The van der Waals surface area contributed by atoms with E-state index in [1.807, 2.05) is 16.3 Å². The number of thioether (sulfide) groups is 1. The van der Waals surface area contributed by atoms with Gasteiger partial charge in [0.1, 0.15) is 4.70 Å². The van der Waals surface area contributed by atoms with E-state index < -0.39 is 0 Å². The van der Waals surface area contributed by atoms with Crippen LogP contribution < -0.4 is 5.56 Å². The van der Waals surface area contributed by atoms with Crippen LogP contribution in [0.25, 0.3) is 21.0 Å². The molecule has 1 saturated heterocycles. The van der Waals surface area contributed by atoms with Gasteiger partial charge in [-0.1, -0.05) is 60.3 Å². The van der Waals surface area contributed by atoms with Crippen molar-refractivity contribution in [2.45, 2.75) is 18.2 Å². The highest BCUT2D eigenvalue weighted by Crippen LogP contribution is 2.23. The van der Waals surface area contributed by atoms with Gasteiger partial charge in [0, 0.05) is 39.3 Å². The van der Waals surface area contributed by atoms with Crippen LogP contribution >= 0.6 is 23.1 Å². The van der Waals surface area contributed by atoms with Crippen LogP contribution in [0.4, 0.5) is 0 Å². The molecule has 174 valence electrons. The van der Waals surface area contributed by atoms with Crippen molar-refractivity contribution in [1.29, 1.82) is 0 Å². The Morgan fingerprint density at radius 3 is 2.71 bits per heavy atom. The number of rotatable bonds is 7. The molecular weight excluding hydrogens is 464 g/mol. The fraction of sp³-hybridized carbons (Fsp3) is 0.269. The largest absolute Gasteiger partial charge is 0.339 e. The lowest BCUT2D eigenvalue weighted by molar-refractivity contribution is -0.130. The Balaban J connectivity index is 1.20. The summed E-state index contributed by atoms with van der Waals surface area (Å²) in [6.07, 6.45) is 1.68. The zero-order valence-corrected chi connectivity index (χ0v) is 20.5. The van der Waals surface area contributed by atoms with Gasteiger partial charge < -0.3 is 4.90 Å². The Hall–Kier alpha value is -2.94. The number of carbonyl (C=O) groups is 1. The molecule has 8 heteroatoms. The number of nitrogens with zero attached hydrogens (tertiary/aromatic N) is 4. The van der Waals surface area contributed by atoms with E-state index in [0.717, 1.165) is 19.6 Å². The fourth-order valence-corrected chi connectivity index (χ4v) is 6.06. The van der Waals surface area contributed by atoms with Gasteiger partial charge in [0.25, 0.3) is 5.56 Å². The van der Waals surface area contributed by atoms with Crippen LogP contribution in [-0.4, -0.2) is 57.2 Å². The molecule has 2 aromatic heterocycles. The molecule has 4 aromatic rings. The summed E-state index contributed by atoms with van der Waals surface area (Å²) in [6, 6.07) is 16.8. The second kappa shape index (κ2) is 10.1. The minimum atomic E-state index is -0.0723. The third-order valence-electron chi connectivity index (χ3n) is 6.17. The molecular formula is C26H26N4O2S2. The van der Waals surface area contributed by atoms with E-state index in [0.29, 0.717) is 35.0 Å². The Kier molecular flexibility index (Phi) is 6.80. The average molecular weight is 491 g/mol. The van der Waals surface area contributed by atoms with Crippen LogP contribution in [-0.2, 0) is 17.9 Å². The SMILES string of the molecule is C=CCn1c(SCC(=O)N2CCN(Cc3cccc4ccccc34)CC2)nc2ccsc2c1=O. The molecule has 1 aliphatic rings. The molecule has 6 nitrogen and oxygen atoms in total. The Bertz CT molecular complexity index is 1400. The summed E-state index contributed by atoms with van der Waals surface area (Å²) in [4.78, 5) is 34.7. The Labute approximate surface area is 206 Å². The van der Waals surface area contributed by atoms with Crippen molar-refractivity contribution in [3.8, 4) is 0 Å². The highest BCUT2D eigenvalue weighted by Gasteiger charge is 2.22. The lowest BCUT2D eigenvalue weighted by Gasteiger charge is -2.35. The molecule has 1 aliphatic heterocycles. The van der Waals surface area contributed by atoms with Crippen molar-refractivity contribution in [2.24, 2.45) is 0 Å². The average Bonchev–Trinajstić information content (AvgIpc) is 3.34. The van der Waals surface area contributed by atoms with Crippen molar-refractivity contribution in [3.05, 3.63) is 82.5 Å². The number of amides is 1. The highest BCUT2D eigenvalue weighted by atomic mass is 32.2. The topological polar surface area (TPSA) is 58.4 Å². The van der Waals surface area contributed by atoms with E-state index in [9.17, 15) is 9.59 Å². The molecule has 0 saturated carbocycles. The maximum absolute atomic E-state index is 12.9. The number of fused-ring (bicyclic) bond motifs is 2. The zero-order valence-electron chi connectivity index (χ0n) is 18.9. The van der Waals surface area contributed by atoms with Crippen LogP contribution in [0.15, 0.2) is 76.5 Å². The summed E-state index contributed by atoms with van der Waals surface area (Å²) < 4.78 is 2.24. The molecule has 1 fully saturated rings. The van der Waals surface area contributed by atoms with E-state index in [2.05, 4.69) is 58.9 Å². The van der Waals surface area contributed by atoms with Gasteiger partial charge in [-0.15, -0.1) is 17.9 Å².